The minimum atomic E-state index is -1.28. The molecule has 0 bridgehead atoms. The Balaban J connectivity index is 2.73. The van der Waals surface area contributed by atoms with E-state index < -0.39 is 15.7 Å². The molecule has 0 N–H and O–H groups in total. The molecule has 1 rings (SSSR count). The number of benzene rings is 1. The maximum atomic E-state index is 10.9. The van der Waals surface area contributed by atoms with Crippen LogP contribution in [0.4, 0.5) is 5.69 Å². The monoisotopic (exact) mass is 249 g/mol. The average Bonchev–Trinajstić information content (AvgIpc) is 2.18. The zero-order valence-corrected chi connectivity index (χ0v) is 8.73. The summed E-state index contributed by atoms with van der Waals surface area (Å²) in [6.07, 6.45) is 0. The molecule has 0 unspecified atom stereocenters. The second kappa shape index (κ2) is 4.95. The smallest absolute Gasteiger partial charge is 0.344 e. The van der Waals surface area contributed by atoms with Gasteiger partial charge in [-0.3, -0.25) is 10.1 Å². The fourth-order valence-electron chi connectivity index (χ4n) is 0.797. The summed E-state index contributed by atoms with van der Waals surface area (Å²) in [6.45, 7) is 0. The van der Waals surface area contributed by atoms with E-state index in [1.54, 1.807) is 0 Å². The van der Waals surface area contributed by atoms with Crippen molar-refractivity contribution in [1.82, 2.24) is 0 Å². The van der Waals surface area contributed by atoms with Gasteiger partial charge >= 0.3 is 5.97 Å². The van der Waals surface area contributed by atoms with Crippen LogP contribution in [-0.4, -0.2) is 15.7 Å². The maximum absolute atomic E-state index is 10.9. The van der Waals surface area contributed by atoms with Crippen LogP contribution in [0.2, 0.25) is 0 Å². The van der Waals surface area contributed by atoms with Gasteiger partial charge in [0.25, 0.3) is 5.69 Å². The lowest BCUT2D eigenvalue weighted by Crippen LogP contribution is -2.15. The van der Waals surface area contributed by atoms with Crippen molar-refractivity contribution in [1.29, 1.82) is 0 Å². The number of esters is 1. The molecule has 0 spiro atoms. The summed E-state index contributed by atoms with van der Waals surface area (Å²) in [5.74, 6) is -0.677. The summed E-state index contributed by atoms with van der Waals surface area (Å²) >= 11 is 10.5. The highest BCUT2D eigenvalue weighted by Gasteiger charge is 2.14. The minimum absolute atomic E-state index is 0.0944. The van der Waals surface area contributed by atoms with Crippen molar-refractivity contribution < 1.29 is 14.5 Å². The van der Waals surface area contributed by atoms with E-state index in [1.807, 2.05) is 0 Å². The number of hydrogen-bond acceptors (Lipinski definition) is 4. The number of hydrogen-bond donors (Lipinski definition) is 0. The van der Waals surface area contributed by atoms with Gasteiger partial charge in [-0.1, -0.05) is 23.2 Å². The molecule has 0 aliphatic carbocycles. The SMILES string of the molecule is O=C(Oc1ccc([N+](=O)[O-])cc1)C(Cl)Cl. The molecule has 0 amide bonds. The van der Waals surface area contributed by atoms with Crippen molar-refractivity contribution in [2.45, 2.75) is 4.84 Å². The molecule has 5 nitrogen and oxygen atoms in total. The molecule has 0 radical (unpaired) electrons. The lowest BCUT2D eigenvalue weighted by atomic mass is 10.3. The molecule has 0 fully saturated rings. The van der Waals surface area contributed by atoms with Gasteiger partial charge in [-0.05, 0) is 12.1 Å². The summed E-state index contributed by atoms with van der Waals surface area (Å²) in [4.78, 5) is 19.4. The Hall–Kier alpha value is -1.33. The van der Waals surface area contributed by atoms with Crippen LogP contribution in [0.25, 0.3) is 0 Å². The van der Waals surface area contributed by atoms with Crippen LogP contribution in [0.1, 0.15) is 0 Å². The van der Waals surface area contributed by atoms with Gasteiger partial charge in [-0.15, -0.1) is 0 Å². The molecule has 0 atom stereocenters. The van der Waals surface area contributed by atoms with Gasteiger partial charge in [0.05, 0.1) is 4.92 Å². The Morgan fingerprint density at radius 1 is 1.33 bits per heavy atom. The fourth-order valence-corrected chi connectivity index (χ4v) is 0.886. The summed E-state index contributed by atoms with van der Waals surface area (Å²) in [7, 11) is 0. The number of alkyl halides is 2. The number of halogens is 2. The Labute approximate surface area is 94.7 Å². The van der Waals surface area contributed by atoms with Crippen molar-refractivity contribution in [3.05, 3.63) is 34.4 Å². The lowest BCUT2D eigenvalue weighted by molar-refractivity contribution is -0.384. The van der Waals surface area contributed by atoms with Gasteiger partial charge in [0.2, 0.25) is 4.84 Å². The van der Waals surface area contributed by atoms with Crippen molar-refractivity contribution in [2.24, 2.45) is 0 Å². The summed E-state index contributed by atoms with van der Waals surface area (Å²) in [5, 5.41) is 10.3. The third kappa shape index (κ3) is 3.38. The van der Waals surface area contributed by atoms with Gasteiger partial charge in [-0.2, -0.15) is 0 Å². The number of nitrogens with zero attached hydrogens (tertiary/aromatic N) is 1. The highest BCUT2D eigenvalue weighted by Crippen LogP contribution is 2.18. The zero-order chi connectivity index (χ0) is 11.4. The Kier molecular flexibility index (Phi) is 3.88. The van der Waals surface area contributed by atoms with Crippen LogP contribution in [0.3, 0.4) is 0 Å². The van der Waals surface area contributed by atoms with Gasteiger partial charge in [0.15, 0.2) is 0 Å². The van der Waals surface area contributed by atoms with Crippen LogP contribution in [0, 0.1) is 10.1 Å². The Morgan fingerprint density at radius 3 is 2.27 bits per heavy atom. The molecule has 0 saturated carbocycles. The number of nitro benzene ring substituents is 1. The van der Waals surface area contributed by atoms with E-state index >= 15 is 0 Å². The molecule has 80 valence electrons. The fraction of sp³-hybridized carbons (Fsp3) is 0.125. The molecular formula is C8H5Cl2NO4. The number of rotatable bonds is 3. The number of nitro groups is 1. The Morgan fingerprint density at radius 2 is 1.87 bits per heavy atom. The maximum Gasteiger partial charge on any atom is 0.344 e. The van der Waals surface area contributed by atoms with Gasteiger partial charge < -0.3 is 4.74 Å². The third-order valence-corrected chi connectivity index (χ3v) is 1.80. The predicted molar refractivity (Wildman–Crippen MR) is 54.2 cm³/mol. The predicted octanol–water partition coefficient (Wildman–Crippen LogP) is 2.30. The van der Waals surface area contributed by atoms with E-state index in [4.69, 9.17) is 23.2 Å². The first-order valence-electron chi connectivity index (χ1n) is 3.75. The first-order chi connectivity index (χ1) is 7.00. The van der Waals surface area contributed by atoms with Gasteiger partial charge in [0.1, 0.15) is 5.75 Å². The van der Waals surface area contributed by atoms with Crippen molar-refractivity contribution in [3.8, 4) is 5.75 Å². The van der Waals surface area contributed by atoms with Gasteiger partial charge in [0, 0.05) is 12.1 Å². The van der Waals surface area contributed by atoms with E-state index in [9.17, 15) is 14.9 Å². The Bertz CT molecular complexity index is 377. The van der Waals surface area contributed by atoms with E-state index in [1.165, 1.54) is 24.3 Å². The van der Waals surface area contributed by atoms with Crippen LogP contribution in [0.5, 0.6) is 5.75 Å². The van der Waals surface area contributed by atoms with E-state index in [-0.39, 0.29) is 11.4 Å². The summed E-state index contributed by atoms with van der Waals surface area (Å²) in [5.41, 5.74) is -0.0944. The van der Waals surface area contributed by atoms with Crippen LogP contribution >= 0.6 is 23.2 Å². The zero-order valence-electron chi connectivity index (χ0n) is 7.22. The summed E-state index contributed by atoms with van der Waals surface area (Å²) in [6, 6.07) is 4.98. The largest absolute Gasteiger partial charge is 0.425 e. The second-order valence-corrected chi connectivity index (χ2v) is 3.57. The number of carbonyl (C=O) groups is 1. The van der Waals surface area contributed by atoms with Crippen LogP contribution < -0.4 is 4.74 Å². The molecule has 7 heteroatoms. The van der Waals surface area contributed by atoms with Crippen molar-refractivity contribution in [2.75, 3.05) is 0 Å². The molecule has 15 heavy (non-hydrogen) atoms. The highest BCUT2D eigenvalue weighted by atomic mass is 35.5. The molecule has 0 aromatic heterocycles. The molecule has 0 aliphatic rings. The molecular weight excluding hydrogens is 245 g/mol. The standard InChI is InChI=1S/C8H5Cl2NO4/c9-7(10)8(12)15-6-3-1-5(2-4-6)11(13)14/h1-4,7H. The van der Waals surface area contributed by atoms with E-state index in [0.29, 0.717) is 0 Å². The van der Waals surface area contributed by atoms with E-state index in [2.05, 4.69) is 4.74 Å². The van der Waals surface area contributed by atoms with E-state index in [0.717, 1.165) is 0 Å². The number of ether oxygens (including phenoxy) is 1. The molecule has 0 saturated heterocycles. The number of carbonyl (C=O) groups excluding carboxylic acids is 1. The quantitative estimate of drug-likeness (QED) is 0.271. The average molecular weight is 250 g/mol. The van der Waals surface area contributed by atoms with Crippen molar-refractivity contribution in [3.63, 3.8) is 0 Å². The summed E-state index contributed by atoms with van der Waals surface area (Å²) < 4.78 is 4.69. The first-order valence-corrected chi connectivity index (χ1v) is 4.62. The number of non-ortho nitro benzene ring substituents is 1. The van der Waals surface area contributed by atoms with Gasteiger partial charge in [-0.25, -0.2) is 4.79 Å². The third-order valence-electron chi connectivity index (χ3n) is 1.44. The van der Waals surface area contributed by atoms with Crippen LogP contribution in [0.15, 0.2) is 24.3 Å². The topological polar surface area (TPSA) is 69.4 Å². The molecule has 1 aromatic rings. The highest BCUT2D eigenvalue weighted by molar-refractivity contribution is 6.53. The lowest BCUT2D eigenvalue weighted by Gasteiger charge is -2.03. The molecule has 0 aliphatic heterocycles. The normalized spacial score (nSPS) is 10.1. The van der Waals surface area contributed by atoms with Crippen molar-refractivity contribution >= 4 is 34.9 Å². The second-order valence-electron chi connectivity index (χ2n) is 2.47. The molecule has 0 heterocycles. The minimum Gasteiger partial charge on any atom is -0.425 e. The first kappa shape index (κ1) is 11.7. The van der Waals surface area contributed by atoms with Crippen LogP contribution in [-0.2, 0) is 4.79 Å². The molecule has 1 aromatic carbocycles.